The Morgan fingerprint density at radius 2 is 2.11 bits per heavy atom. The van der Waals surface area contributed by atoms with Gasteiger partial charge in [0.25, 0.3) is 5.69 Å². The van der Waals surface area contributed by atoms with Crippen molar-refractivity contribution in [2.24, 2.45) is 5.41 Å². The molecule has 2 N–H and O–H groups in total. The Labute approximate surface area is 110 Å². The van der Waals surface area contributed by atoms with Crippen LogP contribution in [0.3, 0.4) is 0 Å². The van der Waals surface area contributed by atoms with Crippen molar-refractivity contribution >= 4 is 28.7 Å². The lowest BCUT2D eigenvalue weighted by Crippen LogP contribution is -2.20. The van der Waals surface area contributed by atoms with E-state index in [0.717, 1.165) is 18.8 Å². The highest BCUT2D eigenvalue weighted by molar-refractivity contribution is 6.33. The minimum Gasteiger partial charge on any atom is -0.393 e. The summed E-state index contributed by atoms with van der Waals surface area (Å²) in [7, 11) is 0. The van der Waals surface area contributed by atoms with E-state index < -0.39 is 4.92 Å². The lowest BCUT2D eigenvalue weighted by molar-refractivity contribution is -0.383. The normalized spacial score (nSPS) is 20.4. The molecule has 0 aromatic heterocycles. The van der Waals surface area contributed by atoms with E-state index in [1.54, 1.807) is 6.07 Å². The molecule has 5 nitrogen and oxygen atoms in total. The van der Waals surface area contributed by atoms with Crippen molar-refractivity contribution in [3.8, 4) is 0 Å². The third-order valence-corrected chi connectivity index (χ3v) is 4.33. The standard InChI is InChI=1S/C12H14ClN3O2/c13-8-5-11(16(17)18)9(14)6-10(8)15-4-3-12(7-15)1-2-12/h5-6H,1-4,7,14H2. The smallest absolute Gasteiger partial charge is 0.293 e. The Bertz CT molecular complexity index is 528. The van der Waals surface area contributed by atoms with Crippen LogP contribution in [-0.4, -0.2) is 18.0 Å². The molecule has 0 bridgehead atoms. The van der Waals surface area contributed by atoms with Crippen molar-refractivity contribution in [2.75, 3.05) is 23.7 Å². The molecule has 0 radical (unpaired) electrons. The van der Waals surface area contributed by atoms with Crippen molar-refractivity contribution in [3.63, 3.8) is 0 Å². The minimum atomic E-state index is -0.503. The molecule has 1 spiro atoms. The number of benzene rings is 1. The van der Waals surface area contributed by atoms with Crippen molar-refractivity contribution in [1.29, 1.82) is 0 Å². The van der Waals surface area contributed by atoms with E-state index in [1.165, 1.54) is 25.3 Å². The van der Waals surface area contributed by atoms with Gasteiger partial charge in [-0.2, -0.15) is 0 Å². The first-order chi connectivity index (χ1) is 8.51. The Morgan fingerprint density at radius 3 is 2.67 bits per heavy atom. The van der Waals surface area contributed by atoms with Gasteiger partial charge in [0.15, 0.2) is 0 Å². The fourth-order valence-electron chi connectivity index (χ4n) is 2.69. The molecule has 1 aliphatic heterocycles. The molecule has 1 heterocycles. The number of nitro benzene ring substituents is 1. The van der Waals surface area contributed by atoms with Crippen molar-refractivity contribution < 1.29 is 4.92 Å². The summed E-state index contributed by atoms with van der Waals surface area (Å²) in [4.78, 5) is 12.5. The predicted octanol–water partition coefficient (Wildman–Crippen LogP) is 2.82. The van der Waals surface area contributed by atoms with E-state index >= 15 is 0 Å². The summed E-state index contributed by atoms with van der Waals surface area (Å²) in [5.74, 6) is 0. The molecular weight excluding hydrogens is 254 g/mol. The molecule has 0 atom stereocenters. The summed E-state index contributed by atoms with van der Waals surface area (Å²) in [6.07, 6.45) is 3.74. The van der Waals surface area contributed by atoms with Crippen molar-refractivity contribution in [1.82, 2.24) is 0 Å². The van der Waals surface area contributed by atoms with Gasteiger partial charge >= 0.3 is 0 Å². The van der Waals surface area contributed by atoms with Gasteiger partial charge in [0, 0.05) is 19.2 Å². The fraction of sp³-hybridized carbons (Fsp3) is 0.500. The maximum absolute atomic E-state index is 10.8. The molecule has 0 amide bonds. The Hall–Kier alpha value is -1.49. The maximum atomic E-state index is 10.8. The lowest BCUT2D eigenvalue weighted by atomic mass is 10.1. The number of nitrogens with zero attached hydrogens (tertiary/aromatic N) is 2. The Balaban J connectivity index is 1.93. The molecule has 0 unspecified atom stereocenters. The topological polar surface area (TPSA) is 72.4 Å². The number of hydrogen-bond donors (Lipinski definition) is 1. The van der Waals surface area contributed by atoms with Gasteiger partial charge in [-0.05, 0) is 30.7 Å². The SMILES string of the molecule is Nc1cc(N2CCC3(CC3)C2)c(Cl)cc1[N+](=O)[O-]. The van der Waals surface area contributed by atoms with Crippen LogP contribution in [0.25, 0.3) is 0 Å². The highest BCUT2D eigenvalue weighted by atomic mass is 35.5. The molecule has 2 aliphatic rings. The largest absolute Gasteiger partial charge is 0.393 e. The highest BCUT2D eigenvalue weighted by Gasteiger charge is 2.48. The molecule has 2 fully saturated rings. The van der Waals surface area contributed by atoms with Crippen LogP contribution in [0.2, 0.25) is 5.02 Å². The summed E-state index contributed by atoms with van der Waals surface area (Å²) in [5, 5.41) is 11.2. The highest BCUT2D eigenvalue weighted by Crippen LogP contribution is 2.54. The number of rotatable bonds is 2. The van der Waals surface area contributed by atoms with E-state index in [0.29, 0.717) is 10.4 Å². The van der Waals surface area contributed by atoms with Crippen LogP contribution in [0.5, 0.6) is 0 Å². The first kappa shape index (κ1) is 11.6. The van der Waals surface area contributed by atoms with E-state index in [1.807, 2.05) is 0 Å². The first-order valence-electron chi connectivity index (χ1n) is 5.99. The monoisotopic (exact) mass is 267 g/mol. The molecule has 3 rings (SSSR count). The summed E-state index contributed by atoms with van der Waals surface area (Å²) in [6.45, 7) is 1.95. The van der Waals surface area contributed by atoms with Crippen LogP contribution in [0, 0.1) is 15.5 Å². The van der Waals surface area contributed by atoms with Crippen LogP contribution < -0.4 is 10.6 Å². The average Bonchev–Trinajstić information content (AvgIpc) is 2.92. The molecule has 1 aromatic rings. The molecular formula is C12H14ClN3O2. The lowest BCUT2D eigenvalue weighted by Gasteiger charge is -2.20. The van der Waals surface area contributed by atoms with Gasteiger partial charge in [0.05, 0.1) is 15.6 Å². The van der Waals surface area contributed by atoms with Gasteiger partial charge in [-0.1, -0.05) is 11.6 Å². The molecule has 1 saturated heterocycles. The van der Waals surface area contributed by atoms with E-state index in [2.05, 4.69) is 4.90 Å². The van der Waals surface area contributed by atoms with Crippen LogP contribution in [-0.2, 0) is 0 Å². The zero-order valence-electron chi connectivity index (χ0n) is 9.86. The van der Waals surface area contributed by atoms with Gasteiger partial charge in [0.1, 0.15) is 5.69 Å². The first-order valence-corrected chi connectivity index (χ1v) is 6.37. The minimum absolute atomic E-state index is 0.121. The average molecular weight is 268 g/mol. The maximum Gasteiger partial charge on any atom is 0.293 e. The number of nitrogen functional groups attached to an aromatic ring is 1. The molecule has 96 valence electrons. The summed E-state index contributed by atoms with van der Waals surface area (Å²) in [6, 6.07) is 2.98. The zero-order valence-corrected chi connectivity index (χ0v) is 10.6. The third-order valence-electron chi connectivity index (χ3n) is 4.03. The molecule has 1 saturated carbocycles. The van der Waals surface area contributed by atoms with Gasteiger partial charge in [-0.25, -0.2) is 0 Å². The molecule has 1 aromatic carbocycles. The predicted molar refractivity (Wildman–Crippen MR) is 71.0 cm³/mol. The number of hydrogen-bond acceptors (Lipinski definition) is 4. The number of anilines is 2. The Morgan fingerprint density at radius 1 is 1.39 bits per heavy atom. The van der Waals surface area contributed by atoms with Crippen LogP contribution >= 0.6 is 11.6 Å². The number of nitro groups is 1. The number of nitrogens with two attached hydrogens (primary N) is 1. The van der Waals surface area contributed by atoms with E-state index in [4.69, 9.17) is 17.3 Å². The molecule has 1 aliphatic carbocycles. The third kappa shape index (κ3) is 1.79. The van der Waals surface area contributed by atoms with Gasteiger partial charge in [-0.15, -0.1) is 0 Å². The van der Waals surface area contributed by atoms with Crippen LogP contribution in [0.4, 0.5) is 17.1 Å². The second-order valence-corrected chi connectivity index (χ2v) is 5.70. The molecule has 18 heavy (non-hydrogen) atoms. The second kappa shape index (κ2) is 3.75. The van der Waals surface area contributed by atoms with E-state index in [-0.39, 0.29) is 11.4 Å². The van der Waals surface area contributed by atoms with Crippen molar-refractivity contribution in [2.45, 2.75) is 19.3 Å². The number of halogens is 1. The second-order valence-electron chi connectivity index (χ2n) is 5.29. The summed E-state index contributed by atoms with van der Waals surface area (Å²) in [5.41, 5.74) is 7.08. The quantitative estimate of drug-likeness (QED) is 0.508. The van der Waals surface area contributed by atoms with Gasteiger partial charge < -0.3 is 10.6 Å². The van der Waals surface area contributed by atoms with Gasteiger partial charge in [0.2, 0.25) is 0 Å². The zero-order chi connectivity index (χ0) is 12.9. The summed E-state index contributed by atoms with van der Waals surface area (Å²) >= 11 is 6.14. The molecule has 6 heteroatoms. The summed E-state index contributed by atoms with van der Waals surface area (Å²) < 4.78 is 0. The van der Waals surface area contributed by atoms with Crippen LogP contribution in [0.1, 0.15) is 19.3 Å². The van der Waals surface area contributed by atoms with Gasteiger partial charge in [-0.3, -0.25) is 10.1 Å². The van der Waals surface area contributed by atoms with Crippen molar-refractivity contribution in [3.05, 3.63) is 27.3 Å². The fourth-order valence-corrected chi connectivity index (χ4v) is 2.97. The Kier molecular flexibility index (Phi) is 2.41. The van der Waals surface area contributed by atoms with Crippen LogP contribution in [0.15, 0.2) is 12.1 Å². The van der Waals surface area contributed by atoms with E-state index in [9.17, 15) is 10.1 Å².